The summed E-state index contributed by atoms with van der Waals surface area (Å²) in [7, 11) is 0. The summed E-state index contributed by atoms with van der Waals surface area (Å²) in [6.07, 6.45) is 1.80. The van der Waals surface area contributed by atoms with E-state index in [4.69, 9.17) is 23.2 Å². The number of carbonyl (C=O) groups excluding carboxylic acids is 2. The van der Waals surface area contributed by atoms with Crippen LogP contribution in [0.15, 0.2) is 0 Å². The lowest BCUT2D eigenvalue weighted by Gasteiger charge is -2.13. The van der Waals surface area contributed by atoms with Crippen molar-refractivity contribution in [3.05, 3.63) is 0 Å². The van der Waals surface area contributed by atoms with E-state index >= 15 is 0 Å². The van der Waals surface area contributed by atoms with Crippen molar-refractivity contribution in [2.45, 2.75) is 47.0 Å². The van der Waals surface area contributed by atoms with Gasteiger partial charge in [-0.05, 0) is 35.0 Å². The average molecular weight is 241 g/mol. The van der Waals surface area contributed by atoms with E-state index in [1.807, 2.05) is 27.7 Å². The maximum absolute atomic E-state index is 10.2. The van der Waals surface area contributed by atoms with Crippen LogP contribution in [0.3, 0.4) is 0 Å². The molecule has 0 aromatic heterocycles. The van der Waals surface area contributed by atoms with Gasteiger partial charge in [-0.3, -0.25) is 9.59 Å². The van der Waals surface area contributed by atoms with Gasteiger partial charge in [0.25, 0.3) is 0 Å². The first kappa shape index (κ1) is 16.4. The van der Waals surface area contributed by atoms with E-state index in [0.29, 0.717) is 12.8 Å². The zero-order valence-electron chi connectivity index (χ0n) is 9.19. The zero-order chi connectivity index (χ0) is 11.8. The molecular formula is C10H18Cl2O2. The SMILES string of the molecule is CC(C)(C)CC(=O)Cl.CCCC(=O)Cl. The lowest BCUT2D eigenvalue weighted by molar-refractivity contribution is -0.113. The van der Waals surface area contributed by atoms with Gasteiger partial charge in [0.2, 0.25) is 10.5 Å². The highest BCUT2D eigenvalue weighted by Gasteiger charge is 2.13. The van der Waals surface area contributed by atoms with E-state index in [1.165, 1.54) is 0 Å². The summed E-state index contributed by atoms with van der Waals surface area (Å²) in [4.78, 5) is 20.0. The van der Waals surface area contributed by atoms with E-state index in [-0.39, 0.29) is 15.9 Å². The highest BCUT2D eigenvalue weighted by atomic mass is 35.5. The first-order valence-electron chi connectivity index (χ1n) is 4.55. The Morgan fingerprint density at radius 3 is 1.50 bits per heavy atom. The van der Waals surface area contributed by atoms with Crippen LogP contribution in [0, 0.1) is 5.41 Å². The average Bonchev–Trinajstić information content (AvgIpc) is 1.80. The minimum atomic E-state index is -0.252. The number of halogens is 2. The third-order valence-electron chi connectivity index (χ3n) is 1.12. The van der Waals surface area contributed by atoms with Crippen molar-refractivity contribution in [1.29, 1.82) is 0 Å². The molecule has 0 aliphatic rings. The Bertz CT molecular complexity index is 183. The van der Waals surface area contributed by atoms with Crippen LogP contribution in [0.1, 0.15) is 47.0 Å². The minimum absolute atomic E-state index is 0.0405. The van der Waals surface area contributed by atoms with Crippen LogP contribution < -0.4 is 0 Å². The molecule has 0 rings (SSSR count). The highest BCUT2D eigenvalue weighted by molar-refractivity contribution is 6.63. The Labute approximate surface area is 96.0 Å². The summed E-state index contributed by atoms with van der Waals surface area (Å²) in [5.74, 6) is 0. The molecule has 0 N–H and O–H groups in total. The summed E-state index contributed by atoms with van der Waals surface area (Å²) in [6, 6.07) is 0. The second kappa shape index (κ2) is 8.25. The van der Waals surface area contributed by atoms with E-state index < -0.39 is 0 Å². The van der Waals surface area contributed by atoms with Gasteiger partial charge in [0, 0.05) is 12.8 Å². The van der Waals surface area contributed by atoms with E-state index in [2.05, 4.69) is 0 Å². The molecule has 0 saturated carbocycles. The molecule has 0 aromatic carbocycles. The van der Waals surface area contributed by atoms with Crippen molar-refractivity contribution in [2.24, 2.45) is 5.41 Å². The fourth-order valence-corrected chi connectivity index (χ4v) is 1.20. The normalized spacial score (nSPS) is 10.1. The maximum atomic E-state index is 10.2. The van der Waals surface area contributed by atoms with Crippen LogP contribution in [0.2, 0.25) is 0 Å². The summed E-state index contributed by atoms with van der Waals surface area (Å²) in [5.41, 5.74) is 0.0405. The molecule has 4 heteroatoms. The molecule has 0 bridgehead atoms. The van der Waals surface area contributed by atoms with Crippen molar-refractivity contribution >= 4 is 33.7 Å². The van der Waals surface area contributed by atoms with Crippen molar-refractivity contribution in [2.75, 3.05) is 0 Å². The first-order valence-corrected chi connectivity index (χ1v) is 5.31. The number of hydrogen-bond donors (Lipinski definition) is 0. The lowest BCUT2D eigenvalue weighted by atomic mass is 9.93. The molecule has 0 heterocycles. The molecule has 0 unspecified atom stereocenters. The van der Waals surface area contributed by atoms with Crippen molar-refractivity contribution in [3.8, 4) is 0 Å². The molecular weight excluding hydrogens is 223 g/mol. The number of carbonyl (C=O) groups is 2. The van der Waals surface area contributed by atoms with Gasteiger partial charge in [0.15, 0.2) is 0 Å². The standard InChI is InChI=1S/C6H11ClO.C4H7ClO/c1-6(2,3)4-5(7)8;1-2-3-4(5)6/h4H2,1-3H3;2-3H2,1H3. The van der Waals surface area contributed by atoms with Gasteiger partial charge in [-0.1, -0.05) is 27.7 Å². The van der Waals surface area contributed by atoms with Gasteiger partial charge in [0.1, 0.15) is 0 Å². The molecule has 0 radical (unpaired) electrons. The zero-order valence-corrected chi connectivity index (χ0v) is 10.7. The topological polar surface area (TPSA) is 34.1 Å². The molecule has 0 aliphatic carbocycles. The molecule has 0 aromatic rings. The quantitative estimate of drug-likeness (QED) is 0.705. The molecule has 2 nitrogen and oxygen atoms in total. The molecule has 0 saturated heterocycles. The molecule has 0 aliphatic heterocycles. The van der Waals surface area contributed by atoms with Gasteiger partial charge in [-0.2, -0.15) is 0 Å². The largest absolute Gasteiger partial charge is 0.281 e. The molecule has 0 fully saturated rings. The summed E-state index contributed by atoms with van der Waals surface area (Å²) < 4.78 is 0. The van der Waals surface area contributed by atoms with Crippen LogP contribution >= 0.6 is 23.2 Å². The van der Waals surface area contributed by atoms with E-state index in [0.717, 1.165) is 6.42 Å². The van der Waals surface area contributed by atoms with Crippen molar-refractivity contribution in [3.63, 3.8) is 0 Å². The Hall–Kier alpha value is -0.0800. The number of hydrogen-bond acceptors (Lipinski definition) is 2. The third-order valence-corrected chi connectivity index (χ3v) is 1.44. The molecule has 14 heavy (non-hydrogen) atoms. The van der Waals surface area contributed by atoms with Gasteiger partial charge in [-0.15, -0.1) is 0 Å². The van der Waals surface area contributed by atoms with Crippen LogP contribution in [-0.4, -0.2) is 10.5 Å². The Morgan fingerprint density at radius 2 is 1.50 bits per heavy atom. The summed E-state index contributed by atoms with van der Waals surface area (Å²) >= 11 is 10.1. The predicted octanol–water partition coefficient (Wildman–Crippen LogP) is 3.74. The molecule has 0 amide bonds. The maximum Gasteiger partial charge on any atom is 0.222 e. The lowest BCUT2D eigenvalue weighted by Crippen LogP contribution is -2.08. The van der Waals surface area contributed by atoms with Gasteiger partial charge < -0.3 is 0 Å². The summed E-state index contributed by atoms with van der Waals surface area (Å²) in [5, 5.41) is -0.491. The summed E-state index contributed by atoms with van der Waals surface area (Å²) in [6.45, 7) is 7.86. The van der Waals surface area contributed by atoms with Crippen molar-refractivity contribution in [1.82, 2.24) is 0 Å². The van der Waals surface area contributed by atoms with Crippen LogP contribution in [0.5, 0.6) is 0 Å². The second-order valence-corrected chi connectivity index (χ2v) is 5.04. The fraction of sp³-hybridized carbons (Fsp3) is 0.800. The van der Waals surface area contributed by atoms with Crippen LogP contribution in [-0.2, 0) is 9.59 Å². The Morgan fingerprint density at radius 1 is 1.07 bits per heavy atom. The first-order chi connectivity index (χ1) is 6.19. The van der Waals surface area contributed by atoms with Gasteiger partial charge in [-0.25, -0.2) is 0 Å². The Kier molecular flexibility index (Phi) is 9.63. The minimum Gasteiger partial charge on any atom is -0.281 e. The fourth-order valence-electron chi connectivity index (χ4n) is 0.614. The Balaban J connectivity index is 0. The van der Waals surface area contributed by atoms with E-state index in [1.54, 1.807) is 0 Å². The van der Waals surface area contributed by atoms with E-state index in [9.17, 15) is 9.59 Å². The second-order valence-electron chi connectivity index (χ2n) is 4.20. The molecule has 0 spiro atoms. The third kappa shape index (κ3) is 22.7. The highest BCUT2D eigenvalue weighted by Crippen LogP contribution is 2.19. The van der Waals surface area contributed by atoms with Gasteiger partial charge in [0.05, 0.1) is 0 Å². The molecule has 0 atom stereocenters. The smallest absolute Gasteiger partial charge is 0.222 e. The van der Waals surface area contributed by atoms with Crippen LogP contribution in [0.25, 0.3) is 0 Å². The number of rotatable bonds is 3. The van der Waals surface area contributed by atoms with Gasteiger partial charge >= 0.3 is 0 Å². The monoisotopic (exact) mass is 240 g/mol. The van der Waals surface area contributed by atoms with Crippen LogP contribution in [0.4, 0.5) is 0 Å². The van der Waals surface area contributed by atoms with Crippen molar-refractivity contribution < 1.29 is 9.59 Å². The predicted molar refractivity (Wildman–Crippen MR) is 60.7 cm³/mol. The molecule has 84 valence electrons.